The highest BCUT2D eigenvalue weighted by Gasteiger charge is 2.13. The molecule has 0 atom stereocenters. The van der Waals surface area contributed by atoms with E-state index in [-0.39, 0.29) is 0 Å². The van der Waals surface area contributed by atoms with Crippen LogP contribution in [0.2, 0.25) is 0 Å². The fraction of sp³-hybridized carbons (Fsp3) is 0.118. The maximum Gasteiger partial charge on any atom is 0.335 e. The minimum atomic E-state index is -0.896. The van der Waals surface area contributed by atoms with Gasteiger partial charge in [0.25, 0.3) is 0 Å². The molecular formula is C17H16O2. The first-order valence-corrected chi connectivity index (χ1v) is 6.15. The Labute approximate surface area is 113 Å². The third-order valence-corrected chi connectivity index (χ3v) is 3.29. The second-order valence-electron chi connectivity index (χ2n) is 4.49. The second-order valence-corrected chi connectivity index (χ2v) is 4.49. The smallest absolute Gasteiger partial charge is 0.335 e. The third kappa shape index (κ3) is 2.74. The van der Waals surface area contributed by atoms with Crippen molar-refractivity contribution in [3.05, 3.63) is 76.9 Å². The first-order valence-electron chi connectivity index (χ1n) is 6.15. The monoisotopic (exact) mass is 252 g/mol. The van der Waals surface area contributed by atoms with Gasteiger partial charge in [-0.1, -0.05) is 49.1 Å². The van der Waals surface area contributed by atoms with Crippen molar-refractivity contribution in [1.82, 2.24) is 0 Å². The molecule has 0 saturated heterocycles. The van der Waals surface area contributed by atoms with Crippen LogP contribution in [0, 0.1) is 6.92 Å². The molecule has 2 aromatic carbocycles. The minimum absolute atomic E-state index is 0.348. The molecule has 19 heavy (non-hydrogen) atoms. The van der Waals surface area contributed by atoms with Gasteiger partial charge in [0.1, 0.15) is 0 Å². The van der Waals surface area contributed by atoms with Crippen LogP contribution >= 0.6 is 0 Å². The average molecular weight is 252 g/mol. The molecule has 0 aliphatic carbocycles. The van der Waals surface area contributed by atoms with E-state index in [2.05, 4.69) is 6.58 Å². The van der Waals surface area contributed by atoms with E-state index in [1.165, 1.54) is 0 Å². The Kier molecular flexibility index (Phi) is 3.81. The maximum atomic E-state index is 11.3. The number of carbonyl (C=O) groups is 1. The molecule has 2 aromatic rings. The first-order chi connectivity index (χ1) is 9.13. The van der Waals surface area contributed by atoms with Crippen LogP contribution in [0.1, 0.15) is 32.6 Å². The van der Waals surface area contributed by atoms with E-state index in [4.69, 9.17) is 0 Å². The molecule has 2 rings (SSSR count). The van der Waals surface area contributed by atoms with Crippen molar-refractivity contribution in [1.29, 1.82) is 0 Å². The molecular weight excluding hydrogens is 236 g/mol. The summed E-state index contributed by atoms with van der Waals surface area (Å²) in [6, 6.07) is 13.3. The largest absolute Gasteiger partial charge is 0.478 e. The molecule has 96 valence electrons. The van der Waals surface area contributed by atoms with Gasteiger partial charge in [-0.3, -0.25) is 0 Å². The predicted octanol–water partition coefficient (Wildman–Crippen LogP) is 3.93. The highest BCUT2D eigenvalue weighted by Crippen LogP contribution is 2.22. The highest BCUT2D eigenvalue weighted by molar-refractivity contribution is 5.90. The van der Waals surface area contributed by atoms with Crippen LogP contribution in [0.4, 0.5) is 0 Å². The lowest BCUT2D eigenvalue weighted by Crippen LogP contribution is -2.05. The van der Waals surface area contributed by atoms with E-state index < -0.39 is 5.97 Å². The van der Waals surface area contributed by atoms with Gasteiger partial charge in [-0.15, -0.1) is 0 Å². The van der Waals surface area contributed by atoms with Gasteiger partial charge in [0.15, 0.2) is 0 Å². The number of aryl methyl sites for hydroxylation is 1. The standard InChI is InChI=1S/C17H16O2/c1-3-13-9-6-10-15(17(18)19)16(13)11-14-8-5-4-7-12(14)2/h3-10H,1,11H2,2H3,(H,18,19). The van der Waals surface area contributed by atoms with E-state index >= 15 is 0 Å². The van der Waals surface area contributed by atoms with Gasteiger partial charge in [-0.25, -0.2) is 4.79 Å². The zero-order valence-corrected chi connectivity index (χ0v) is 10.9. The Morgan fingerprint density at radius 1 is 1.21 bits per heavy atom. The molecule has 0 bridgehead atoms. The van der Waals surface area contributed by atoms with Gasteiger partial charge in [0.2, 0.25) is 0 Å². The van der Waals surface area contributed by atoms with Crippen molar-refractivity contribution in [3.8, 4) is 0 Å². The summed E-state index contributed by atoms with van der Waals surface area (Å²) >= 11 is 0. The van der Waals surface area contributed by atoms with Gasteiger partial charge < -0.3 is 5.11 Å². The van der Waals surface area contributed by atoms with Gasteiger partial charge >= 0.3 is 5.97 Å². The summed E-state index contributed by atoms with van der Waals surface area (Å²) in [6.07, 6.45) is 2.32. The van der Waals surface area contributed by atoms with Crippen molar-refractivity contribution < 1.29 is 9.90 Å². The SMILES string of the molecule is C=Cc1cccc(C(=O)O)c1Cc1ccccc1C. The molecule has 2 nitrogen and oxygen atoms in total. The Morgan fingerprint density at radius 3 is 2.58 bits per heavy atom. The number of benzene rings is 2. The normalized spacial score (nSPS) is 10.2. The van der Waals surface area contributed by atoms with Crippen LogP contribution in [0.3, 0.4) is 0 Å². The van der Waals surface area contributed by atoms with Gasteiger partial charge in [-0.05, 0) is 41.7 Å². The molecule has 0 amide bonds. The fourth-order valence-electron chi connectivity index (χ4n) is 2.19. The molecule has 0 saturated carbocycles. The van der Waals surface area contributed by atoms with Gasteiger partial charge in [-0.2, -0.15) is 0 Å². The van der Waals surface area contributed by atoms with Crippen LogP contribution in [-0.4, -0.2) is 11.1 Å². The minimum Gasteiger partial charge on any atom is -0.478 e. The zero-order valence-electron chi connectivity index (χ0n) is 10.9. The quantitative estimate of drug-likeness (QED) is 0.895. The van der Waals surface area contributed by atoms with Gasteiger partial charge in [0.05, 0.1) is 5.56 Å². The summed E-state index contributed by atoms with van der Waals surface area (Å²) in [7, 11) is 0. The molecule has 0 spiro atoms. The van der Waals surface area contributed by atoms with Crippen LogP contribution in [0.5, 0.6) is 0 Å². The summed E-state index contributed by atoms with van der Waals surface area (Å²) in [5.41, 5.74) is 4.35. The molecule has 0 heterocycles. The summed E-state index contributed by atoms with van der Waals surface area (Å²) in [6.45, 7) is 5.80. The predicted molar refractivity (Wildman–Crippen MR) is 77.5 cm³/mol. The number of carboxylic acids is 1. The lowest BCUT2D eigenvalue weighted by Gasteiger charge is -2.12. The van der Waals surface area contributed by atoms with Crippen LogP contribution in [0.25, 0.3) is 6.08 Å². The number of carboxylic acid groups (broad SMARTS) is 1. The lowest BCUT2D eigenvalue weighted by molar-refractivity contribution is 0.0696. The summed E-state index contributed by atoms with van der Waals surface area (Å²) < 4.78 is 0. The van der Waals surface area contributed by atoms with Crippen molar-refractivity contribution in [2.45, 2.75) is 13.3 Å². The van der Waals surface area contributed by atoms with Crippen LogP contribution in [-0.2, 0) is 6.42 Å². The van der Waals surface area contributed by atoms with Crippen molar-refractivity contribution in [2.75, 3.05) is 0 Å². The second kappa shape index (κ2) is 5.53. The van der Waals surface area contributed by atoms with E-state index in [0.717, 1.165) is 22.3 Å². The summed E-state index contributed by atoms with van der Waals surface area (Å²) in [5.74, 6) is -0.896. The molecule has 0 radical (unpaired) electrons. The van der Waals surface area contributed by atoms with Crippen molar-refractivity contribution in [2.24, 2.45) is 0 Å². The third-order valence-electron chi connectivity index (χ3n) is 3.29. The molecule has 0 unspecified atom stereocenters. The van der Waals surface area contributed by atoms with Crippen LogP contribution < -0.4 is 0 Å². The summed E-state index contributed by atoms with van der Waals surface area (Å²) in [5, 5.41) is 9.30. The number of rotatable bonds is 4. The Hall–Kier alpha value is -2.35. The highest BCUT2D eigenvalue weighted by atomic mass is 16.4. The van der Waals surface area contributed by atoms with Crippen molar-refractivity contribution in [3.63, 3.8) is 0 Å². The van der Waals surface area contributed by atoms with E-state index in [9.17, 15) is 9.90 Å². The Bertz CT molecular complexity index is 627. The maximum absolute atomic E-state index is 11.3. The number of hydrogen-bond acceptors (Lipinski definition) is 1. The summed E-state index contributed by atoms with van der Waals surface area (Å²) in [4.78, 5) is 11.3. The van der Waals surface area contributed by atoms with E-state index in [1.54, 1.807) is 18.2 Å². The molecule has 2 heteroatoms. The molecule has 1 N–H and O–H groups in total. The van der Waals surface area contributed by atoms with Crippen molar-refractivity contribution >= 4 is 12.0 Å². The average Bonchev–Trinajstić information content (AvgIpc) is 2.41. The number of aromatic carboxylic acids is 1. The first kappa shape index (κ1) is 13.1. The zero-order chi connectivity index (χ0) is 13.8. The Balaban J connectivity index is 2.52. The van der Waals surface area contributed by atoms with E-state index in [1.807, 2.05) is 37.3 Å². The Morgan fingerprint density at radius 2 is 1.95 bits per heavy atom. The molecule has 0 aliphatic rings. The van der Waals surface area contributed by atoms with Gasteiger partial charge in [0, 0.05) is 0 Å². The topological polar surface area (TPSA) is 37.3 Å². The van der Waals surface area contributed by atoms with Crippen LogP contribution in [0.15, 0.2) is 49.0 Å². The molecule has 0 aliphatic heterocycles. The lowest BCUT2D eigenvalue weighted by atomic mass is 9.93. The van der Waals surface area contributed by atoms with E-state index in [0.29, 0.717) is 12.0 Å². The molecule has 0 fully saturated rings. The molecule has 0 aromatic heterocycles. The fourth-order valence-corrected chi connectivity index (χ4v) is 2.19. The number of hydrogen-bond donors (Lipinski definition) is 1.